The number of hydrogen-bond acceptors (Lipinski definition) is 2. The summed E-state index contributed by atoms with van der Waals surface area (Å²) in [6.45, 7) is 1.15. The lowest BCUT2D eigenvalue weighted by molar-refractivity contribution is 0.626. The van der Waals surface area contributed by atoms with Gasteiger partial charge in [0.05, 0.1) is 11.0 Å². The fraction of sp³-hybridized carbons (Fsp3) is 0.0952. The van der Waals surface area contributed by atoms with Gasteiger partial charge in [-0.3, -0.25) is 0 Å². The maximum Gasteiger partial charge on any atom is 0.141 e. The third-order valence-electron chi connectivity index (χ3n) is 4.36. The Labute approximate surface area is 145 Å². The van der Waals surface area contributed by atoms with Crippen molar-refractivity contribution >= 4 is 11.0 Å². The smallest absolute Gasteiger partial charge is 0.141 e. The maximum absolute atomic E-state index is 13.2. The third kappa shape index (κ3) is 3.04. The van der Waals surface area contributed by atoms with Crippen LogP contribution in [0.15, 0.2) is 72.8 Å². The average molecular weight is 331 g/mol. The van der Waals surface area contributed by atoms with E-state index in [1.165, 1.54) is 12.1 Å². The van der Waals surface area contributed by atoms with E-state index in [0.29, 0.717) is 13.1 Å². The molecule has 0 saturated heterocycles. The van der Waals surface area contributed by atoms with Gasteiger partial charge >= 0.3 is 0 Å². The minimum absolute atomic E-state index is 0.225. The molecule has 4 heteroatoms. The van der Waals surface area contributed by atoms with E-state index in [1.54, 1.807) is 0 Å². The van der Waals surface area contributed by atoms with Crippen LogP contribution in [-0.2, 0) is 13.1 Å². The highest BCUT2D eigenvalue weighted by Gasteiger charge is 2.12. The lowest BCUT2D eigenvalue weighted by Crippen LogP contribution is -2.03. The number of halogens is 1. The highest BCUT2D eigenvalue weighted by Crippen LogP contribution is 2.26. The fourth-order valence-electron chi connectivity index (χ4n) is 3.02. The van der Waals surface area contributed by atoms with Crippen LogP contribution >= 0.6 is 0 Å². The van der Waals surface area contributed by atoms with Crippen LogP contribution in [0.1, 0.15) is 11.1 Å². The molecule has 3 nitrogen and oxygen atoms in total. The van der Waals surface area contributed by atoms with Gasteiger partial charge in [-0.2, -0.15) is 0 Å². The van der Waals surface area contributed by atoms with Crippen molar-refractivity contribution in [1.82, 2.24) is 9.55 Å². The number of rotatable bonds is 4. The van der Waals surface area contributed by atoms with Crippen LogP contribution in [0.3, 0.4) is 0 Å². The van der Waals surface area contributed by atoms with Gasteiger partial charge in [0.1, 0.15) is 11.6 Å². The molecule has 0 bridgehead atoms. The van der Waals surface area contributed by atoms with Crippen LogP contribution in [0.4, 0.5) is 4.39 Å². The number of para-hydroxylation sites is 2. The maximum atomic E-state index is 13.2. The molecule has 1 aromatic heterocycles. The van der Waals surface area contributed by atoms with Crippen molar-refractivity contribution in [2.45, 2.75) is 13.1 Å². The monoisotopic (exact) mass is 331 g/mol. The Bertz CT molecular complexity index is 1000. The Morgan fingerprint density at radius 3 is 2.24 bits per heavy atom. The van der Waals surface area contributed by atoms with E-state index in [0.717, 1.165) is 33.5 Å². The van der Waals surface area contributed by atoms with Gasteiger partial charge in [-0.15, -0.1) is 0 Å². The molecule has 0 unspecified atom stereocenters. The number of hydrogen-bond donors (Lipinski definition) is 1. The van der Waals surface area contributed by atoms with Gasteiger partial charge < -0.3 is 10.3 Å². The van der Waals surface area contributed by atoms with Crippen LogP contribution in [0.25, 0.3) is 22.4 Å². The number of aromatic nitrogens is 2. The second kappa shape index (κ2) is 6.49. The van der Waals surface area contributed by atoms with Crippen molar-refractivity contribution in [3.05, 3.63) is 89.7 Å². The predicted molar refractivity (Wildman–Crippen MR) is 98.6 cm³/mol. The van der Waals surface area contributed by atoms with Gasteiger partial charge in [-0.1, -0.05) is 48.5 Å². The largest absolute Gasteiger partial charge is 0.326 e. The summed E-state index contributed by atoms with van der Waals surface area (Å²) in [6.07, 6.45) is 0. The first-order valence-corrected chi connectivity index (χ1v) is 8.24. The van der Waals surface area contributed by atoms with E-state index in [1.807, 2.05) is 54.6 Å². The van der Waals surface area contributed by atoms with E-state index in [9.17, 15) is 4.39 Å². The van der Waals surface area contributed by atoms with E-state index in [4.69, 9.17) is 10.7 Å². The first-order chi connectivity index (χ1) is 12.2. The second-order valence-electron chi connectivity index (χ2n) is 6.04. The molecule has 0 amide bonds. The zero-order chi connectivity index (χ0) is 17.2. The molecule has 124 valence electrons. The summed E-state index contributed by atoms with van der Waals surface area (Å²) in [7, 11) is 0. The van der Waals surface area contributed by atoms with Gasteiger partial charge in [-0.25, -0.2) is 9.37 Å². The highest BCUT2D eigenvalue weighted by molar-refractivity contribution is 5.80. The van der Waals surface area contributed by atoms with Gasteiger partial charge in [-0.05, 0) is 35.4 Å². The van der Waals surface area contributed by atoms with E-state index in [2.05, 4.69) is 10.6 Å². The molecular weight excluding hydrogens is 313 g/mol. The Kier molecular flexibility index (Phi) is 4.04. The highest BCUT2D eigenvalue weighted by atomic mass is 19.1. The SMILES string of the molecule is NCc1ccc(-c2nc3ccccc3n2Cc2ccc(F)cc2)cc1. The number of benzene rings is 3. The first kappa shape index (κ1) is 15.5. The van der Waals surface area contributed by atoms with Crippen LogP contribution < -0.4 is 5.73 Å². The molecule has 0 saturated carbocycles. The molecule has 0 fully saturated rings. The Hall–Kier alpha value is -2.98. The lowest BCUT2D eigenvalue weighted by atomic mass is 10.1. The van der Waals surface area contributed by atoms with E-state index >= 15 is 0 Å². The quantitative estimate of drug-likeness (QED) is 0.604. The number of nitrogens with zero attached hydrogens (tertiary/aromatic N) is 2. The minimum Gasteiger partial charge on any atom is -0.326 e. The molecular formula is C21H18FN3. The van der Waals surface area contributed by atoms with Crippen molar-refractivity contribution < 1.29 is 4.39 Å². The summed E-state index contributed by atoms with van der Waals surface area (Å²) in [5.41, 5.74) is 10.9. The zero-order valence-electron chi connectivity index (χ0n) is 13.7. The summed E-state index contributed by atoms with van der Waals surface area (Å²) >= 11 is 0. The van der Waals surface area contributed by atoms with Gasteiger partial charge in [0.25, 0.3) is 0 Å². The zero-order valence-corrected chi connectivity index (χ0v) is 13.7. The molecule has 1 heterocycles. The molecule has 3 aromatic carbocycles. The summed E-state index contributed by atoms with van der Waals surface area (Å²) in [4.78, 5) is 4.81. The molecule has 25 heavy (non-hydrogen) atoms. The van der Waals surface area contributed by atoms with Gasteiger partial charge in [0.2, 0.25) is 0 Å². The van der Waals surface area contributed by atoms with Crippen molar-refractivity contribution in [3.8, 4) is 11.4 Å². The number of nitrogens with two attached hydrogens (primary N) is 1. The Morgan fingerprint density at radius 1 is 0.840 bits per heavy atom. The molecule has 0 radical (unpaired) electrons. The normalized spacial score (nSPS) is 11.1. The lowest BCUT2D eigenvalue weighted by Gasteiger charge is -2.10. The van der Waals surface area contributed by atoms with Crippen molar-refractivity contribution in [1.29, 1.82) is 0 Å². The van der Waals surface area contributed by atoms with Gasteiger partial charge in [0, 0.05) is 18.7 Å². The summed E-state index contributed by atoms with van der Waals surface area (Å²) in [6, 6.07) is 22.8. The summed E-state index contributed by atoms with van der Waals surface area (Å²) in [5, 5.41) is 0. The molecule has 4 rings (SSSR count). The molecule has 2 N–H and O–H groups in total. The molecule has 0 atom stereocenters. The second-order valence-corrected chi connectivity index (χ2v) is 6.04. The topological polar surface area (TPSA) is 43.8 Å². The fourth-order valence-corrected chi connectivity index (χ4v) is 3.02. The van der Waals surface area contributed by atoms with Crippen LogP contribution in [0, 0.1) is 5.82 Å². The minimum atomic E-state index is -0.225. The molecule has 0 aliphatic carbocycles. The standard InChI is InChI=1S/C21H18FN3/c22-18-11-7-16(8-12-18)14-25-20-4-2-1-3-19(20)24-21(25)17-9-5-15(13-23)6-10-17/h1-12H,13-14,23H2. The van der Waals surface area contributed by atoms with E-state index < -0.39 is 0 Å². The molecule has 0 aliphatic rings. The van der Waals surface area contributed by atoms with Crippen LogP contribution in [0.2, 0.25) is 0 Å². The molecule has 4 aromatic rings. The average Bonchev–Trinajstić information content (AvgIpc) is 3.02. The first-order valence-electron chi connectivity index (χ1n) is 8.24. The molecule has 0 spiro atoms. The molecule has 0 aliphatic heterocycles. The predicted octanol–water partition coefficient (Wildman–Crippen LogP) is 4.35. The Balaban J connectivity index is 1.83. The van der Waals surface area contributed by atoms with Crippen LogP contribution in [-0.4, -0.2) is 9.55 Å². The third-order valence-corrected chi connectivity index (χ3v) is 4.36. The number of imidazole rings is 1. The van der Waals surface area contributed by atoms with E-state index in [-0.39, 0.29) is 5.82 Å². The van der Waals surface area contributed by atoms with Crippen molar-refractivity contribution in [2.75, 3.05) is 0 Å². The van der Waals surface area contributed by atoms with Crippen molar-refractivity contribution in [3.63, 3.8) is 0 Å². The number of fused-ring (bicyclic) bond motifs is 1. The summed E-state index contributed by atoms with van der Waals surface area (Å²) in [5.74, 6) is 0.672. The Morgan fingerprint density at radius 2 is 1.52 bits per heavy atom. The van der Waals surface area contributed by atoms with Crippen LogP contribution in [0.5, 0.6) is 0 Å². The van der Waals surface area contributed by atoms with Gasteiger partial charge in [0.15, 0.2) is 0 Å². The van der Waals surface area contributed by atoms with Crippen molar-refractivity contribution in [2.24, 2.45) is 5.73 Å². The summed E-state index contributed by atoms with van der Waals surface area (Å²) < 4.78 is 15.4.